The van der Waals surface area contributed by atoms with Crippen LogP contribution in [0, 0.1) is 6.92 Å². The summed E-state index contributed by atoms with van der Waals surface area (Å²) >= 11 is 0. The SMILES string of the molecule is Cc1cccc(-c2ccc(-c3cc(-c4nc(-c5ccccc5)cc(-c5ccccc5)n4)cc(-c4cc5c(c6c4C=CCC6)CCC=C5)c3)cc2)n1. The van der Waals surface area contributed by atoms with Crippen molar-refractivity contribution in [3.8, 4) is 67.4 Å². The Morgan fingerprint density at radius 1 is 0.431 bits per heavy atom. The summed E-state index contributed by atoms with van der Waals surface area (Å²) in [5.74, 6) is 0.709. The number of benzene rings is 5. The summed E-state index contributed by atoms with van der Waals surface area (Å²) < 4.78 is 0. The molecule has 7 aromatic rings. The Morgan fingerprint density at radius 3 is 1.75 bits per heavy atom. The molecule has 0 atom stereocenters. The van der Waals surface area contributed by atoms with Gasteiger partial charge in [-0.1, -0.05) is 115 Å². The third-order valence-electron chi connectivity index (χ3n) is 10.1. The maximum Gasteiger partial charge on any atom is 0.160 e. The minimum Gasteiger partial charge on any atom is -0.253 e. The molecule has 0 bridgehead atoms. The summed E-state index contributed by atoms with van der Waals surface area (Å²) in [5.41, 5.74) is 18.4. The number of fused-ring (bicyclic) bond motifs is 3. The van der Waals surface area contributed by atoms with Crippen LogP contribution in [0.5, 0.6) is 0 Å². The average molecular weight is 656 g/mol. The van der Waals surface area contributed by atoms with E-state index in [0.29, 0.717) is 5.82 Å². The maximum absolute atomic E-state index is 5.24. The molecule has 244 valence electrons. The Balaban J connectivity index is 1.26. The number of hydrogen-bond donors (Lipinski definition) is 0. The van der Waals surface area contributed by atoms with Crippen LogP contribution in [0.4, 0.5) is 0 Å². The van der Waals surface area contributed by atoms with Crippen molar-refractivity contribution in [1.29, 1.82) is 0 Å². The second-order valence-corrected chi connectivity index (χ2v) is 13.5. The molecule has 51 heavy (non-hydrogen) atoms. The zero-order valence-corrected chi connectivity index (χ0v) is 28.7. The Hall–Kier alpha value is -6.19. The summed E-state index contributed by atoms with van der Waals surface area (Å²) in [6.45, 7) is 2.04. The highest BCUT2D eigenvalue weighted by Gasteiger charge is 2.21. The van der Waals surface area contributed by atoms with Gasteiger partial charge in [0.25, 0.3) is 0 Å². The molecule has 0 fully saturated rings. The van der Waals surface area contributed by atoms with Crippen LogP contribution in [0.25, 0.3) is 79.6 Å². The second-order valence-electron chi connectivity index (χ2n) is 13.5. The first-order valence-corrected chi connectivity index (χ1v) is 17.9. The van der Waals surface area contributed by atoms with Gasteiger partial charge in [-0.25, -0.2) is 9.97 Å². The van der Waals surface area contributed by atoms with Gasteiger partial charge in [-0.15, -0.1) is 0 Å². The van der Waals surface area contributed by atoms with E-state index in [2.05, 4.69) is 140 Å². The van der Waals surface area contributed by atoms with E-state index in [1.165, 1.54) is 33.4 Å². The van der Waals surface area contributed by atoms with Crippen LogP contribution in [0.3, 0.4) is 0 Å². The number of pyridine rings is 1. The van der Waals surface area contributed by atoms with Crippen molar-refractivity contribution in [3.05, 3.63) is 174 Å². The normalized spacial score (nSPS) is 13.1. The van der Waals surface area contributed by atoms with Gasteiger partial charge in [0.15, 0.2) is 5.82 Å². The van der Waals surface area contributed by atoms with Gasteiger partial charge in [-0.3, -0.25) is 4.98 Å². The fourth-order valence-electron chi connectivity index (χ4n) is 7.55. The summed E-state index contributed by atoms with van der Waals surface area (Å²) in [6.07, 6.45) is 13.7. The predicted octanol–water partition coefficient (Wildman–Crippen LogP) is 12.1. The number of rotatable bonds is 6. The summed E-state index contributed by atoms with van der Waals surface area (Å²) in [5, 5.41) is 0. The second kappa shape index (κ2) is 13.3. The van der Waals surface area contributed by atoms with E-state index in [9.17, 15) is 0 Å². The molecule has 0 amide bonds. The van der Waals surface area contributed by atoms with E-state index in [1.807, 2.05) is 25.1 Å². The molecule has 3 heteroatoms. The molecule has 5 aromatic carbocycles. The fraction of sp³-hybridized carbons (Fsp3) is 0.104. The Labute approximate surface area is 299 Å². The first-order valence-electron chi connectivity index (χ1n) is 17.9. The van der Waals surface area contributed by atoms with Gasteiger partial charge in [0.2, 0.25) is 0 Å². The monoisotopic (exact) mass is 655 g/mol. The highest BCUT2D eigenvalue weighted by atomic mass is 14.9. The number of nitrogens with zero attached hydrogens (tertiary/aromatic N) is 3. The zero-order chi connectivity index (χ0) is 34.1. The largest absolute Gasteiger partial charge is 0.253 e. The Kier molecular flexibility index (Phi) is 8.02. The minimum absolute atomic E-state index is 0.709. The summed E-state index contributed by atoms with van der Waals surface area (Å²) in [7, 11) is 0. The van der Waals surface area contributed by atoms with Gasteiger partial charge in [0, 0.05) is 27.9 Å². The summed E-state index contributed by atoms with van der Waals surface area (Å²) in [6, 6.07) is 47.2. The van der Waals surface area contributed by atoms with E-state index in [0.717, 1.165) is 81.8 Å². The lowest BCUT2D eigenvalue weighted by Crippen LogP contribution is -2.07. The highest BCUT2D eigenvalue weighted by molar-refractivity contribution is 5.88. The van der Waals surface area contributed by atoms with Crippen molar-refractivity contribution in [2.75, 3.05) is 0 Å². The van der Waals surface area contributed by atoms with Crippen LogP contribution >= 0.6 is 0 Å². The fourth-order valence-corrected chi connectivity index (χ4v) is 7.55. The molecule has 0 saturated carbocycles. The van der Waals surface area contributed by atoms with E-state index in [-0.39, 0.29) is 0 Å². The summed E-state index contributed by atoms with van der Waals surface area (Å²) in [4.78, 5) is 15.3. The minimum atomic E-state index is 0.709. The van der Waals surface area contributed by atoms with E-state index in [4.69, 9.17) is 15.0 Å². The molecule has 0 unspecified atom stereocenters. The Bertz CT molecular complexity index is 2400. The van der Waals surface area contributed by atoms with Crippen molar-refractivity contribution in [2.24, 2.45) is 0 Å². The van der Waals surface area contributed by atoms with Crippen molar-refractivity contribution < 1.29 is 0 Å². The molecule has 0 spiro atoms. The smallest absolute Gasteiger partial charge is 0.160 e. The molecular weight excluding hydrogens is 619 g/mol. The van der Waals surface area contributed by atoms with Gasteiger partial charge >= 0.3 is 0 Å². The number of hydrogen-bond acceptors (Lipinski definition) is 3. The molecule has 0 N–H and O–H groups in total. The van der Waals surface area contributed by atoms with Gasteiger partial charge in [0.05, 0.1) is 17.1 Å². The van der Waals surface area contributed by atoms with Gasteiger partial charge in [-0.2, -0.15) is 0 Å². The van der Waals surface area contributed by atoms with Crippen molar-refractivity contribution in [3.63, 3.8) is 0 Å². The Morgan fingerprint density at radius 2 is 1.04 bits per heavy atom. The lowest BCUT2D eigenvalue weighted by Gasteiger charge is -2.24. The molecular formula is C48H37N3. The zero-order valence-electron chi connectivity index (χ0n) is 28.7. The van der Waals surface area contributed by atoms with Crippen LogP contribution < -0.4 is 0 Å². The molecule has 0 radical (unpaired) electrons. The molecule has 0 saturated heterocycles. The average Bonchev–Trinajstić information content (AvgIpc) is 3.21. The van der Waals surface area contributed by atoms with Crippen molar-refractivity contribution >= 4 is 12.2 Å². The molecule has 9 rings (SSSR count). The topological polar surface area (TPSA) is 38.7 Å². The van der Waals surface area contributed by atoms with Crippen molar-refractivity contribution in [2.45, 2.75) is 32.6 Å². The molecule has 2 aliphatic rings. The number of aromatic nitrogens is 3. The predicted molar refractivity (Wildman–Crippen MR) is 212 cm³/mol. The van der Waals surface area contributed by atoms with Gasteiger partial charge in [-0.05, 0) is 120 Å². The number of aryl methyl sites for hydroxylation is 1. The molecule has 2 aliphatic carbocycles. The number of allylic oxidation sites excluding steroid dienone is 2. The van der Waals surface area contributed by atoms with Crippen LogP contribution in [0.2, 0.25) is 0 Å². The van der Waals surface area contributed by atoms with Gasteiger partial charge in [0.1, 0.15) is 0 Å². The first kappa shape index (κ1) is 30.8. The first-order chi connectivity index (χ1) is 25.2. The standard InChI is InChI=1S/C48H37N3/c1-32-13-12-22-45(49-32)36-25-23-33(24-26-36)38-27-39(44-30-37-18-8-9-19-41(37)42-20-10-11-21-43(42)44)29-40(28-38)48-50-46(34-14-4-2-5-15-34)31-47(51-48)35-16-6-3-7-17-35/h2-8,11-18,21-31H,9-10,19-20H2,1H3. The van der Waals surface area contributed by atoms with E-state index >= 15 is 0 Å². The van der Waals surface area contributed by atoms with Crippen LogP contribution in [0.1, 0.15) is 40.8 Å². The molecule has 2 aromatic heterocycles. The molecule has 2 heterocycles. The van der Waals surface area contributed by atoms with Crippen molar-refractivity contribution in [1.82, 2.24) is 15.0 Å². The third-order valence-corrected chi connectivity index (χ3v) is 10.1. The van der Waals surface area contributed by atoms with Gasteiger partial charge < -0.3 is 0 Å². The maximum atomic E-state index is 5.24. The quantitative estimate of drug-likeness (QED) is 0.179. The molecule has 3 nitrogen and oxygen atoms in total. The van der Waals surface area contributed by atoms with E-state index < -0.39 is 0 Å². The van der Waals surface area contributed by atoms with Crippen LogP contribution in [-0.4, -0.2) is 15.0 Å². The third kappa shape index (κ3) is 6.13. The highest BCUT2D eigenvalue weighted by Crippen LogP contribution is 2.41. The van der Waals surface area contributed by atoms with Crippen LogP contribution in [-0.2, 0) is 12.8 Å². The van der Waals surface area contributed by atoms with E-state index in [1.54, 1.807) is 0 Å². The van der Waals surface area contributed by atoms with Crippen LogP contribution in [0.15, 0.2) is 146 Å². The lowest BCUT2D eigenvalue weighted by atomic mass is 9.80. The lowest BCUT2D eigenvalue weighted by molar-refractivity contribution is 0.906. The molecule has 0 aliphatic heterocycles.